The van der Waals surface area contributed by atoms with Crippen molar-refractivity contribution in [3.8, 4) is 5.75 Å². The second-order valence-electron chi connectivity index (χ2n) is 4.15. The molecule has 0 fully saturated rings. The minimum absolute atomic E-state index is 0.374. The lowest BCUT2D eigenvalue weighted by molar-refractivity contribution is -0.118. The van der Waals surface area contributed by atoms with Crippen LogP contribution in [0.15, 0.2) is 36.4 Å². The molecule has 110 valence electrons. The standard InChI is InChI=1S/C14H11F3N2O2/c15-8-5-11(16)14(12(17)6-8)19-13(20)7-21-10-3-1-9(18)2-4-10/h1-6H,7,18H2,(H,19,20). The van der Waals surface area contributed by atoms with Gasteiger partial charge in [-0.1, -0.05) is 0 Å². The SMILES string of the molecule is Nc1ccc(OCC(=O)Nc2c(F)cc(F)cc2F)cc1. The van der Waals surface area contributed by atoms with Gasteiger partial charge in [0.2, 0.25) is 0 Å². The number of nitrogens with two attached hydrogens (primary N) is 1. The molecule has 2 rings (SSSR count). The van der Waals surface area contributed by atoms with E-state index in [1.807, 2.05) is 5.32 Å². The molecule has 0 radical (unpaired) electrons. The van der Waals surface area contributed by atoms with Gasteiger partial charge in [-0.2, -0.15) is 0 Å². The summed E-state index contributed by atoms with van der Waals surface area (Å²) < 4.78 is 44.5. The number of hydrogen-bond donors (Lipinski definition) is 2. The summed E-state index contributed by atoms with van der Waals surface area (Å²) in [6.45, 7) is -0.458. The molecule has 3 N–H and O–H groups in total. The van der Waals surface area contributed by atoms with Crippen LogP contribution < -0.4 is 15.8 Å². The lowest BCUT2D eigenvalue weighted by Crippen LogP contribution is -2.21. The minimum Gasteiger partial charge on any atom is -0.484 e. The second-order valence-corrected chi connectivity index (χ2v) is 4.15. The first-order valence-corrected chi connectivity index (χ1v) is 5.88. The molecule has 0 aliphatic carbocycles. The number of anilines is 2. The molecule has 0 spiro atoms. The van der Waals surface area contributed by atoms with E-state index in [1.54, 1.807) is 24.3 Å². The van der Waals surface area contributed by atoms with Crippen LogP contribution in [0.1, 0.15) is 0 Å². The highest BCUT2D eigenvalue weighted by molar-refractivity contribution is 5.92. The molecule has 0 atom stereocenters. The summed E-state index contributed by atoms with van der Waals surface area (Å²) in [4.78, 5) is 11.6. The number of ether oxygens (including phenoxy) is 1. The van der Waals surface area contributed by atoms with Crippen LogP contribution in [0.5, 0.6) is 5.75 Å². The monoisotopic (exact) mass is 296 g/mol. The lowest BCUT2D eigenvalue weighted by atomic mass is 10.2. The van der Waals surface area contributed by atoms with Gasteiger partial charge in [0.25, 0.3) is 5.91 Å². The number of hydrogen-bond acceptors (Lipinski definition) is 3. The van der Waals surface area contributed by atoms with Gasteiger partial charge < -0.3 is 15.8 Å². The molecule has 4 nitrogen and oxygen atoms in total. The predicted molar refractivity (Wildman–Crippen MR) is 71.3 cm³/mol. The Kier molecular flexibility index (Phi) is 4.32. The zero-order chi connectivity index (χ0) is 15.4. The van der Waals surface area contributed by atoms with Crippen molar-refractivity contribution in [2.45, 2.75) is 0 Å². The van der Waals surface area contributed by atoms with Gasteiger partial charge in [-0.25, -0.2) is 13.2 Å². The van der Waals surface area contributed by atoms with Crippen LogP contribution in [-0.4, -0.2) is 12.5 Å². The average Bonchev–Trinajstić information content (AvgIpc) is 2.42. The van der Waals surface area contributed by atoms with E-state index >= 15 is 0 Å². The van der Waals surface area contributed by atoms with Gasteiger partial charge in [0.15, 0.2) is 18.2 Å². The number of amides is 1. The Balaban J connectivity index is 1.97. The fraction of sp³-hybridized carbons (Fsp3) is 0.0714. The van der Waals surface area contributed by atoms with Crippen molar-refractivity contribution in [2.75, 3.05) is 17.7 Å². The van der Waals surface area contributed by atoms with Crippen molar-refractivity contribution in [3.05, 3.63) is 53.8 Å². The first-order chi connectivity index (χ1) is 9.95. The highest BCUT2D eigenvalue weighted by atomic mass is 19.1. The molecule has 0 bridgehead atoms. The quantitative estimate of drug-likeness (QED) is 0.853. The average molecular weight is 296 g/mol. The molecule has 0 aliphatic heterocycles. The van der Waals surface area contributed by atoms with E-state index in [0.29, 0.717) is 23.6 Å². The van der Waals surface area contributed by atoms with E-state index in [9.17, 15) is 18.0 Å². The third-order valence-electron chi connectivity index (χ3n) is 2.52. The van der Waals surface area contributed by atoms with E-state index in [4.69, 9.17) is 10.5 Å². The van der Waals surface area contributed by atoms with Crippen molar-refractivity contribution < 1.29 is 22.7 Å². The molecular formula is C14H11F3N2O2. The first-order valence-electron chi connectivity index (χ1n) is 5.88. The number of benzene rings is 2. The van der Waals surface area contributed by atoms with Crippen LogP contribution in [0.3, 0.4) is 0 Å². The third kappa shape index (κ3) is 3.88. The Morgan fingerprint density at radius 3 is 2.24 bits per heavy atom. The Labute approximate surface area is 118 Å². The van der Waals surface area contributed by atoms with Gasteiger partial charge in [-0.15, -0.1) is 0 Å². The van der Waals surface area contributed by atoms with Gasteiger partial charge >= 0.3 is 0 Å². The molecule has 0 unspecified atom stereocenters. The molecular weight excluding hydrogens is 285 g/mol. The van der Waals surface area contributed by atoms with Gasteiger partial charge in [0, 0.05) is 17.8 Å². The maximum atomic E-state index is 13.3. The fourth-order valence-electron chi connectivity index (χ4n) is 1.55. The minimum atomic E-state index is -1.20. The Hall–Kier alpha value is -2.70. The first kappa shape index (κ1) is 14.7. The van der Waals surface area contributed by atoms with Gasteiger partial charge in [0.05, 0.1) is 0 Å². The molecule has 7 heteroatoms. The Bertz CT molecular complexity index is 637. The molecule has 0 aromatic heterocycles. The van der Waals surface area contributed by atoms with Crippen LogP contribution in [0.4, 0.5) is 24.5 Å². The van der Waals surface area contributed by atoms with Crippen molar-refractivity contribution in [1.82, 2.24) is 0 Å². The highest BCUT2D eigenvalue weighted by Crippen LogP contribution is 2.20. The molecule has 2 aromatic rings. The summed E-state index contributed by atoms with van der Waals surface area (Å²) in [6, 6.07) is 7.18. The van der Waals surface area contributed by atoms with Crippen LogP contribution in [0.25, 0.3) is 0 Å². The van der Waals surface area contributed by atoms with E-state index < -0.39 is 35.7 Å². The molecule has 0 heterocycles. The van der Waals surface area contributed by atoms with E-state index in [-0.39, 0.29) is 0 Å². The molecule has 0 saturated carbocycles. The highest BCUT2D eigenvalue weighted by Gasteiger charge is 2.14. The van der Waals surface area contributed by atoms with Crippen molar-refractivity contribution in [1.29, 1.82) is 0 Å². The Morgan fingerprint density at radius 2 is 1.67 bits per heavy atom. The van der Waals surface area contributed by atoms with E-state index in [2.05, 4.69) is 0 Å². The normalized spacial score (nSPS) is 10.2. The summed E-state index contributed by atoms with van der Waals surface area (Å²) >= 11 is 0. The van der Waals surface area contributed by atoms with Gasteiger partial charge in [0.1, 0.15) is 17.3 Å². The van der Waals surface area contributed by atoms with Crippen molar-refractivity contribution >= 4 is 17.3 Å². The third-order valence-corrected chi connectivity index (χ3v) is 2.52. The zero-order valence-corrected chi connectivity index (χ0v) is 10.7. The predicted octanol–water partition coefficient (Wildman–Crippen LogP) is 2.70. The maximum absolute atomic E-state index is 13.3. The Morgan fingerprint density at radius 1 is 1.10 bits per heavy atom. The number of nitrogen functional groups attached to an aromatic ring is 1. The zero-order valence-electron chi connectivity index (χ0n) is 10.7. The summed E-state index contributed by atoms with van der Waals surface area (Å²) in [7, 11) is 0. The van der Waals surface area contributed by atoms with Crippen molar-refractivity contribution in [3.63, 3.8) is 0 Å². The van der Waals surface area contributed by atoms with E-state index in [0.717, 1.165) is 0 Å². The van der Waals surface area contributed by atoms with Crippen molar-refractivity contribution in [2.24, 2.45) is 0 Å². The second kappa shape index (κ2) is 6.17. The molecule has 21 heavy (non-hydrogen) atoms. The fourth-order valence-corrected chi connectivity index (χ4v) is 1.55. The number of nitrogens with one attached hydrogen (secondary N) is 1. The molecule has 0 aliphatic rings. The van der Waals surface area contributed by atoms with Crippen LogP contribution >= 0.6 is 0 Å². The number of carbonyl (C=O) groups excluding carboxylic acids is 1. The summed E-state index contributed by atoms with van der Waals surface area (Å²) in [6.07, 6.45) is 0. The van der Waals surface area contributed by atoms with Crippen LogP contribution in [0.2, 0.25) is 0 Å². The largest absolute Gasteiger partial charge is 0.484 e. The summed E-state index contributed by atoms with van der Waals surface area (Å²) in [5.41, 5.74) is 5.29. The number of halogens is 3. The topological polar surface area (TPSA) is 64.3 Å². The number of carbonyl (C=O) groups is 1. The van der Waals surface area contributed by atoms with Crippen LogP contribution in [-0.2, 0) is 4.79 Å². The van der Waals surface area contributed by atoms with Crippen LogP contribution in [0, 0.1) is 17.5 Å². The lowest BCUT2D eigenvalue weighted by Gasteiger charge is -2.09. The van der Waals surface area contributed by atoms with Gasteiger partial charge in [-0.05, 0) is 24.3 Å². The van der Waals surface area contributed by atoms with Gasteiger partial charge in [-0.3, -0.25) is 4.79 Å². The smallest absolute Gasteiger partial charge is 0.262 e. The maximum Gasteiger partial charge on any atom is 0.262 e. The summed E-state index contributed by atoms with van der Waals surface area (Å²) in [5.74, 6) is -3.88. The molecule has 0 saturated heterocycles. The van der Waals surface area contributed by atoms with E-state index in [1.165, 1.54) is 0 Å². The molecule has 1 amide bonds. The number of rotatable bonds is 4. The molecule has 2 aromatic carbocycles. The summed E-state index contributed by atoms with van der Waals surface area (Å²) in [5, 5.41) is 1.98.